The molecule has 3 heterocycles. The second-order valence-corrected chi connectivity index (χ2v) is 4.52. The summed E-state index contributed by atoms with van der Waals surface area (Å²) in [6, 6.07) is 2.74. The van der Waals surface area contributed by atoms with Gasteiger partial charge in [0.15, 0.2) is 0 Å². The van der Waals surface area contributed by atoms with Gasteiger partial charge in [0.2, 0.25) is 5.76 Å². The van der Waals surface area contributed by atoms with Gasteiger partial charge < -0.3 is 14.3 Å². The Labute approximate surface area is 107 Å². The van der Waals surface area contributed by atoms with E-state index in [1.807, 2.05) is 0 Å². The zero-order valence-corrected chi connectivity index (χ0v) is 9.87. The van der Waals surface area contributed by atoms with E-state index in [-0.39, 0.29) is 29.9 Å². The molecule has 7 heteroatoms. The molecule has 2 amide bonds. The van der Waals surface area contributed by atoms with E-state index >= 15 is 0 Å². The number of hydrogen-bond acceptors (Lipinski definition) is 5. The predicted octanol–water partition coefficient (Wildman–Crippen LogP) is 0.394. The first kappa shape index (κ1) is 11.9. The molecule has 2 saturated heterocycles. The number of nitrogens with zero attached hydrogens (tertiary/aromatic N) is 1. The number of rotatable bonds is 3. The largest absolute Gasteiger partial charge is 0.475 e. The van der Waals surface area contributed by atoms with E-state index in [9.17, 15) is 14.4 Å². The Kier molecular flexibility index (Phi) is 2.63. The number of hydrogen-bond donors (Lipinski definition) is 1. The van der Waals surface area contributed by atoms with Crippen molar-refractivity contribution < 1.29 is 28.6 Å². The van der Waals surface area contributed by atoms with E-state index in [1.165, 1.54) is 12.1 Å². The Balaban J connectivity index is 1.80. The highest BCUT2D eigenvalue weighted by Gasteiger charge is 2.46. The third-order valence-electron chi connectivity index (χ3n) is 3.29. The number of likely N-dealkylation sites (tertiary alicyclic amines) is 1. The van der Waals surface area contributed by atoms with Crippen LogP contribution in [0.1, 0.15) is 29.2 Å². The molecular weight excluding hydrogens is 254 g/mol. The molecule has 1 N–H and O–H groups in total. The molecule has 2 aliphatic heterocycles. The van der Waals surface area contributed by atoms with Gasteiger partial charge in [-0.25, -0.2) is 4.79 Å². The van der Waals surface area contributed by atoms with E-state index < -0.39 is 18.2 Å². The van der Waals surface area contributed by atoms with Crippen molar-refractivity contribution in [2.45, 2.75) is 31.6 Å². The number of carbonyl (C=O) groups excluding carboxylic acids is 2. The Morgan fingerprint density at radius 1 is 1.26 bits per heavy atom. The quantitative estimate of drug-likeness (QED) is 0.794. The molecule has 0 radical (unpaired) electrons. The summed E-state index contributed by atoms with van der Waals surface area (Å²) in [7, 11) is 0. The van der Waals surface area contributed by atoms with Gasteiger partial charge in [-0.1, -0.05) is 0 Å². The fraction of sp³-hybridized carbons (Fsp3) is 0.417. The summed E-state index contributed by atoms with van der Waals surface area (Å²) in [5.41, 5.74) is 0. The molecule has 2 bridgehead atoms. The summed E-state index contributed by atoms with van der Waals surface area (Å²) < 4.78 is 10.3. The first-order valence-corrected chi connectivity index (χ1v) is 5.89. The fourth-order valence-corrected chi connectivity index (χ4v) is 2.35. The van der Waals surface area contributed by atoms with Crippen LogP contribution in [0.15, 0.2) is 16.5 Å². The lowest BCUT2D eigenvalue weighted by Crippen LogP contribution is -2.51. The van der Waals surface area contributed by atoms with Crippen molar-refractivity contribution in [3.8, 4) is 0 Å². The predicted molar refractivity (Wildman–Crippen MR) is 59.1 cm³/mol. The third kappa shape index (κ3) is 1.91. The molecule has 0 aromatic carbocycles. The summed E-state index contributed by atoms with van der Waals surface area (Å²) in [4.78, 5) is 35.7. The number of carboxylic acids is 1. The highest BCUT2D eigenvalue weighted by molar-refractivity contribution is 6.02. The van der Waals surface area contributed by atoms with E-state index in [4.69, 9.17) is 14.3 Å². The number of carboxylic acid groups (broad SMARTS) is 1. The second-order valence-electron chi connectivity index (χ2n) is 4.52. The standard InChI is InChI=1S/C12H11NO6/c14-10-7-3-4-8(19-7)11(15)13(10)5-6-1-2-9(18-6)12(16)17/h1-2,7-8H,3-5H2,(H,16,17). The van der Waals surface area contributed by atoms with Crippen molar-refractivity contribution in [1.82, 2.24) is 4.90 Å². The molecule has 0 aliphatic carbocycles. The molecule has 2 fully saturated rings. The van der Waals surface area contributed by atoms with Crippen LogP contribution in [0, 0.1) is 0 Å². The summed E-state index contributed by atoms with van der Waals surface area (Å²) >= 11 is 0. The van der Waals surface area contributed by atoms with Gasteiger partial charge in [-0.3, -0.25) is 14.5 Å². The molecule has 100 valence electrons. The summed E-state index contributed by atoms with van der Waals surface area (Å²) in [5, 5.41) is 8.74. The van der Waals surface area contributed by atoms with Crippen LogP contribution in [-0.4, -0.2) is 40.0 Å². The molecule has 7 nitrogen and oxygen atoms in total. The van der Waals surface area contributed by atoms with Gasteiger partial charge in [0.25, 0.3) is 11.8 Å². The minimum Gasteiger partial charge on any atom is -0.475 e. The van der Waals surface area contributed by atoms with Crippen molar-refractivity contribution in [1.29, 1.82) is 0 Å². The number of ether oxygens (including phenoxy) is 1. The Morgan fingerprint density at radius 3 is 2.42 bits per heavy atom. The molecular formula is C12H11NO6. The zero-order valence-electron chi connectivity index (χ0n) is 9.87. The fourth-order valence-electron chi connectivity index (χ4n) is 2.35. The summed E-state index contributed by atoms with van der Waals surface area (Å²) in [6.07, 6.45) is -0.0256. The van der Waals surface area contributed by atoms with Gasteiger partial charge in [0.05, 0.1) is 6.54 Å². The van der Waals surface area contributed by atoms with Crippen LogP contribution in [0.25, 0.3) is 0 Å². The Hall–Kier alpha value is -2.15. The smallest absolute Gasteiger partial charge is 0.371 e. The maximum atomic E-state index is 12.0. The molecule has 0 saturated carbocycles. The van der Waals surface area contributed by atoms with Crippen LogP contribution < -0.4 is 0 Å². The third-order valence-corrected chi connectivity index (χ3v) is 3.29. The number of furan rings is 1. The maximum Gasteiger partial charge on any atom is 0.371 e. The molecule has 0 spiro atoms. The second kappa shape index (κ2) is 4.20. The molecule has 2 aliphatic rings. The Bertz CT molecular complexity index is 540. The van der Waals surface area contributed by atoms with Crippen molar-refractivity contribution in [2.24, 2.45) is 0 Å². The van der Waals surface area contributed by atoms with Gasteiger partial charge in [0, 0.05) is 0 Å². The SMILES string of the molecule is O=C(O)c1ccc(CN2C(=O)C3CCC(O3)C2=O)o1. The lowest BCUT2D eigenvalue weighted by atomic mass is 10.2. The molecule has 2 atom stereocenters. The van der Waals surface area contributed by atoms with Gasteiger partial charge in [0.1, 0.15) is 18.0 Å². The van der Waals surface area contributed by atoms with Crippen LogP contribution in [0.4, 0.5) is 0 Å². The normalized spacial score (nSPS) is 26.0. The number of fused-ring (bicyclic) bond motifs is 2. The van der Waals surface area contributed by atoms with Crippen molar-refractivity contribution in [3.05, 3.63) is 23.7 Å². The van der Waals surface area contributed by atoms with Crippen LogP contribution in [0.3, 0.4) is 0 Å². The number of imide groups is 1. The minimum absolute atomic E-state index is 0.0543. The van der Waals surface area contributed by atoms with E-state index in [1.54, 1.807) is 0 Å². The molecule has 3 rings (SSSR count). The van der Waals surface area contributed by atoms with Gasteiger partial charge in [-0.05, 0) is 25.0 Å². The molecule has 1 aromatic heterocycles. The average molecular weight is 265 g/mol. The van der Waals surface area contributed by atoms with E-state index in [0.29, 0.717) is 12.8 Å². The van der Waals surface area contributed by atoms with Gasteiger partial charge in [-0.2, -0.15) is 0 Å². The minimum atomic E-state index is -1.19. The van der Waals surface area contributed by atoms with Crippen molar-refractivity contribution >= 4 is 17.8 Å². The van der Waals surface area contributed by atoms with Crippen molar-refractivity contribution in [2.75, 3.05) is 0 Å². The van der Waals surface area contributed by atoms with E-state index in [0.717, 1.165) is 4.90 Å². The average Bonchev–Trinajstić information content (AvgIpc) is 3.00. The summed E-state index contributed by atoms with van der Waals surface area (Å²) in [5.74, 6) is -1.91. The molecule has 1 aromatic rings. The van der Waals surface area contributed by atoms with Crippen molar-refractivity contribution in [3.63, 3.8) is 0 Å². The van der Waals surface area contributed by atoms with Crippen LogP contribution in [0.5, 0.6) is 0 Å². The number of carbonyl (C=O) groups is 3. The van der Waals surface area contributed by atoms with Crippen LogP contribution >= 0.6 is 0 Å². The lowest BCUT2D eigenvalue weighted by Gasteiger charge is -2.29. The lowest BCUT2D eigenvalue weighted by molar-refractivity contribution is -0.169. The highest BCUT2D eigenvalue weighted by atomic mass is 16.5. The first-order valence-electron chi connectivity index (χ1n) is 5.89. The van der Waals surface area contributed by atoms with Crippen LogP contribution in [0.2, 0.25) is 0 Å². The number of amides is 2. The molecule has 19 heavy (non-hydrogen) atoms. The topological polar surface area (TPSA) is 97.0 Å². The zero-order chi connectivity index (χ0) is 13.6. The molecule has 2 unspecified atom stereocenters. The maximum absolute atomic E-state index is 12.0. The number of morpholine rings is 1. The van der Waals surface area contributed by atoms with Crippen LogP contribution in [-0.2, 0) is 20.9 Å². The van der Waals surface area contributed by atoms with E-state index in [2.05, 4.69) is 0 Å². The summed E-state index contributed by atoms with van der Waals surface area (Å²) in [6.45, 7) is -0.0543. The van der Waals surface area contributed by atoms with Gasteiger partial charge in [-0.15, -0.1) is 0 Å². The first-order chi connectivity index (χ1) is 9.06. The highest BCUT2D eigenvalue weighted by Crippen LogP contribution is 2.29. The number of aromatic carboxylic acids is 1. The Morgan fingerprint density at radius 2 is 1.89 bits per heavy atom. The monoisotopic (exact) mass is 265 g/mol. The van der Waals surface area contributed by atoms with Gasteiger partial charge >= 0.3 is 5.97 Å².